The summed E-state index contributed by atoms with van der Waals surface area (Å²) in [5.41, 5.74) is -0.384. The van der Waals surface area contributed by atoms with Crippen molar-refractivity contribution in [1.29, 1.82) is 0 Å². The second-order valence-corrected chi connectivity index (χ2v) is 11.9. The Labute approximate surface area is 250 Å². The number of nitrogens with zero attached hydrogens (tertiary/aromatic N) is 3. The van der Waals surface area contributed by atoms with E-state index in [-0.39, 0.29) is 31.6 Å². The molecule has 3 heterocycles. The molecule has 3 aliphatic heterocycles. The Balaban J connectivity index is 1.69. The van der Waals surface area contributed by atoms with Crippen molar-refractivity contribution in [2.45, 2.75) is 83.1 Å². The highest BCUT2D eigenvalue weighted by molar-refractivity contribution is 6.05. The molecule has 42 heavy (non-hydrogen) atoms. The second-order valence-electron chi connectivity index (χ2n) is 11.9. The number of rotatable bonds is 15. The second kappa shape index (κ2) is 13.0. The summed E-state index contributed by atoms with van der Waals surface area (Å²) in [7, 11) is 0. The molecule has 0 aromatic heterocycles. The van der Waals surface area contributed by atoms with E-state index >= 15 is 0 Å². The predicted octanol–water partition coefficient (Wildman–Crippen LogP) is 4.10. The Morgan fingerprint density at radius 2 is 1.81 bits per heavy atom. The number of unbranched alkanes of at least 4 members (excludes halogenated alkanes) is 2. The van der Waals surface area contributed by atoms with Crippen LogP contribution >= 0.6 is 0 Å². The minimum Gasteiger partial charge on any atom is -0.465 e. The Bertz CT molecular complexity index is 1170. The van der Waals surface area contributed by atoms with Crippen LogP contribution in [0, 0.1) is 11.8 Å². The molecule has 0 radical (unpaired) electrons. The lowest BCUT2D eigenvalue weighted by atomic mass is 9.66. The third-order valence-electron chi connectivity index (χ3n) is 9.36. The molecule has 1 spiro atoms. The number of esters is 1. The van der Waals surface area contributed by atoms with Crippen LogP contribution < -0.4 is 9.80 Å². The van der Waals surface area contributed by atoms with Gasteiger partial charge in [0.05, 0.1) is 30.8 Å². The number of amides is 2. The highest BCUT2D eigenvalue weighted by Crippen LogP contribution is 2.63. The van der Waals surface area contributed by atoms with Gasteiger partial charge in [-0.15, -0.1) is 13.2 Å². The lowest BCUT2D eigenvalue weighted by molar-refractivity contribution is -0.160. The van der Waals surface area contributed by atoms with Crippen LogP contribution in [0.15, 0.2) is 49.6 Å². The lowest BCUT2D eigenvalue weighted by Gasteiger charge is -2.38. The molecule has 0 saturated carbocycles. The van der Waals surface area contributed by atoms with E-state index in [1.54, 1.807) is 17.9 Å². The molecule has 2 amide bonds. The van der Waals surface area contributed by atoms with Gasteiger partial charge in [-0.2, -0.15) is 0 Å². The number of likely N-dealkylation sites (tertiary alicyclic amines) is 1. The SMILES string of the molecule is C=CCCCCOC(=O)[C@H]1[C@H]2C(=O)N([C@H](C)CO)C(C(=O)N(CC=C)c3ccc(N(CC)CC)cc3)C23CC[C@]1(C)O3. The summed E-state index contributed by atoms with van der Waals surface area (Å²) in [5.74, 6) is -2.82. The largest absolute Gasteiger partial charge is 0.465 e. The molecule has 3 fully saturated rings. The Hall–Kier alpha value is -3.17. The van der Waals surface area contributed by atoms with E-state index in [1.807, 2.05) is 37.3 Å². The summed E-state index contributed by atoms with van der Waals surface area (Å²) in [6.45, 7) is 17.2. The van der Waals surface area contributed by atoms with Crippen LogP contribution in [0.1, 0.15) is 59.8 Å². The van der Waals surface area contributed by atoms with Crippen molar-refractivity contribution in [3.8, 4) is 0 Å². The number of aliphatic hydroxyl groups is 1. The monoisotopic (exact) mass is 581 g/mol. The first-order valence-electron chi connectivity index (χ1n) is 15.3. The highest BCUT2D eigenvalue weighted by atomic mass is 16.6. The number of benzene rings is 1. The van der Waals surface area contributed by atoms with Crippen molar-refractivity contribution in [3.63, 3.8) is 0 Å². The van der Waals surface area contributed by atoms with E-state index in [2.05, 4.69) is 31.9 Å². The van der Waals surface area contributed by atoms with E-state index in [0.29, 0.717) is 24.9 Å². The first-order chi connectivity index (χ1) is 20.1. The zero-order valence-corrected chi connectivity index (χ0v) is 25.6. The van der Waals surface area contributed by atoms with Gasteiger partial charge in [0.15, 0.2) is 0 Å². The molecule has 6 atom stereocenters. The van der Waals surface area contributed by atoms with Gasteiger partial charge in [-0.1, -0.05) is 12.2 Å². The van der Waals surface area contributed by atoms with Gasteiger partial charge in [0.1, 0.15) is 17.6 Å². The number of carbonyl (C=O) groups is 3. The highest BCUT2D eigenvalue weighted by Gasteiger charge is 2.79. The van der Waals surface area contributed by atoms with Gasteiger partial charge < -0.3 is 29.3 Å². The summed E-state index contributed by atoms with van der Waals surface area (Å²) in [6.07, 6.45) is 6.86. The zero-order valence-electron chi connectivity index (χ0n) is 25.6. The van der Waals surface area contributed by atoms with Crippen LogP contribution in [-0.4, -0.2) is 83.9 Å². The first-order valence-corrected chi connectivity index (χ1v) is 15.3. The maximum absolute atomic E-state index is 14.6. The number of aliphatic hydroxyl groups excluding tert-OH is 1. The van der Waals surface area contributed by atoms with Crippen molar-refractivity contribution >= 4 is 29.2 Å². The van der Waals surface area contributed by atoms with Crippen molar-refractivity contribution in [1.82, 2.24) is 4.90 Å². The molecular formula is C33H47N3O6. The van der Waals surface area contributed by atoms with Crippen molar-refractivity contribution in [3.05, 3.63) is 49.6 Å². The van der Waals surface area contributed by atoms with Gasteiger partial charge in [-0.3, -0.25) is 14.4 Å². The topological polar surface area (TPSA) is 99.6 Å². The summed E-state index contributed by atoms with van der Waals surface area (Å²) >= 11 is 0. The smallest absolute Gasteiger partial charge is 0.312 e. The summed E-state index contributed by atoms with van der Waals surface area (Å²) in [4.78, 5) is 47.6. The molecular weight excluding hydrogens is 534 g/mol. The first kappa shape index (κ1) is 31.8. The van der Waals surface area contributed by atoms with Gasteiger partial charge >= 0.3 is 5.97 Å². The maximum atomic E-state index is 14.6. The predicted molar refractivity (Wildman–Crippen MR) is 163 cm³/mol. The molecule has 9 heteroatoms. The Morgan fingerprint density at radius 3 is 2.40 bits per heavy atom. The van der Waals surface area contributed by atoms with E-state index < -0.39 is 41.1 Å². The number of carbonyl (C=O) groups excluding carboxylic acids is 3. The van der Waals surface area contributed by atoms with Gasteiger partial charge in [-0.25, -0.2) is 0 Å². The van der Waals surface area contributed by atoms with E-state index in [0.717, 1.165) is 31.6 Å². The molecule has 1 aromatic carbocycles. The van der Waals surface area contributed by atoms with E-state index in [9.17, 15) is 19.5 Å². The number of hydrogen-bond donors (Lipinski definition) is 1. The molecule has 3 saturated heterocycles. The molecule has 0 aliphatic carbocycles. The minimum atomic E-state index is -1.19. The average molecular weight is 582 g/mol. The summed E-state index contributed by atoms with van der Waals surface area (Å²) in [6, 6.07) is 6.13. The van der Waals surface area contributed by atoms with Crippen LogP contribution in [-0.2, 0) is 23.9 Å². The van der Waals surface area contributed by atoms with Gasteiger partial charge in [0.2, 0.25) is 5.91 Å². The third kappa shape index (κ3) is 5.37. The number of fused-ring (bicyclic) bond motifs is 1. The number of allylic oxidation sites excluding steroid dienone is 1. The van der Waals surface area contributed by atoms with Crippen LogP contribution in [0.25, 0.3) is 0 Å². The molecule has 2 unspecified atom stereocenters. The quantitative estimate of drug-likeness (QED) is 0.189. The average Bonchev–Trinajstić information content (AvgIpc) is 3.56. The van der Waals surface area contributed by atoms with Crippen LogP contribution in [0.3, 0.4) is 0 Å². The molecule has 230 valence electrons. The molecule has 4 rings (SSSR count). The Morgan fingerprint density at radius 1 is 1.14 bits per heavy atom. The molecule has 2 bridgehead atoms. The molecule has 9 nitrogen and oxygen atoms in total. The van der Waals surface area contributed by atoms with Crippen molar-refractivity contribution in [2.24, 2.45) is 11.8 Å². The normalized spacial score (nSPS) is 28.4. The van der Waals surface area contributed by atoms with Crippen molar-refractivity contribution < 1.29 is 29.0 Å². The van der Waals surface area contributed by atoms with Crippen LogP contribution in [0.5, 0.6) is 0 Å². The van der Waals surface area contributed by atoms with E-state index in [4.69, 9.17) is 9.47 Å². The maximum Gasteiger partial charge on any atom is 0.312 e. The molecule has 1 aromatic rings. The van der Waals surface area contributed by atoms with Crippen molar-refractivity contribution in [2.75, 3.05) is 42.6 Å². The summed E-state index contributed by atoms with van der Waals surface area (Å²) in [5, 5.41) is 10.2. The molecule has 1 N–H and O–H groups in total. The number of hydrogen-bond acceptors (Lipinski definition) is 7. The number of anilines is 2. The third-order valence-corrected chi connectivity index (χ3v) is 9.36. The van der Waals surface area contributed by atoms with E-state index in [1.165, 1.54) is 4.90 Å². The van der Waals surface area contributed by atoms with Gasteiger partial charge in [-0.05, 0) is 84.1 Å². The fraction of sp³-hybridized carbons (Fsp3) is 0.606. The van der Waals surface area contributed by atoms with Crippen LogP contribution in [0.4, 0.5) is 11.4 Å². The van der Waals surface area contributed by atoms with Gasteiger partial charge in [0, 0.05) is 31.0 Å². The summed E-state index contributed by atoms with van der Waals surface area (Å²) < 4.78 is 12.4. The lowest BCUT2D eigenvalue weighted by Crippen LogP contribution is -2.58. The Kier molecular flexibility index (Phi) is 9.83. The standard InChI is InChI=1S/C33H47N3O6/c1-7-11-12-13-21-41-31(40)27-26-29(38)36(23(5)22-37)28(33(26)19-18-32(27,6)42-33)30(39)35(20-8-2)25-16-14-24(15-17-25)34(9-3)10-4/h7-8,14-17,23,26-28,37H,1-2,9-13,18-22H2,3-6H3/t23-,26+,27-,28?,32+,33?/m1/s1. The number of ether oxygens (including phenoxy) is 2. The fourth-order valence-corrected chi connectivity index (χ4v) is 7.25. The zero-order chi connectivity index (χ0) is 30.7. The van der Waals surface area contributed by atoms with Crippen LogP contribution in [0.2, 0.25) is 0 Å². The fourth-order valence-electron chi connectivity index (χ4n) is 7.25. The minimum absolute atomic E-state index is 0.226. The van der Waals surface area contributed by atoms with Gasteiger partial charge in [0.25, 0.3) is 5.91 Å². The molecule has 3 aliphatic rings.